The molecule has 20 heavy (non-hydrogen) atoms. The van der Waals surface area contributed by atoms with Crippen molar-refractivity contribution in [3.05, 3.63) is 0 Å². The lowest BCUT2D eigenvalue weighted by atomic mass is 9.67. The second kappa shape index (κ2) is 7.09. The number of carboxylic acid groups (broad SMARTS) is 1. The summed E-state index contributed by atoms with van der Waals surface area (Å²) in [7, 11) is 0. The molecule has 1 saturated carbocycles. The topological polar surface area (TPSA) is 66.4 Å². The lowest BCUT2D eigenvalue weighted by molar-refractivity contribution is -0.137. The second-order valence-electron chi connectivity index (χ2n) is 7.38. The first-order valence-electron chi connectivity index (χ1n) is 7.69. The van der Waals surface area contributed by atoms with Crippen LogP contribution in [0.5, 0.6) is 0 Å². The van der Waals surface area contributed by atoms with Crippen LogP contribution in [-0.2, 0) is 9.59 Å². The molecule has 1 fully saturated rings. The van der Waals surface area contributed by atoms with Crippen LogP contribution in [0.25, 0.3) is 0 Å². The molecule has 1 amide bonds. The summed E-state index contributed by atoms with van der Waals surface area (Å²) in [6.07, 6.45) is 4.64. The lowest BCUT2D eigenvalue weighted by Crippen LogP contribution is -2.36. The maximum atomic E-state index is 12.0. The summed E-state index contributed by atoms with van der Waals surface area (Å²) in [5, 5.41) is 11.6. The highest BCUT2D eigenvalue weighted by molar-refractivity contribution is 5.76. The summed E-state index contributed by atoms with van der Waals surface area (Å²) in [5.74, 6) is 0.396. The minimum atomic E-state index is -0.811. The zero-order chi connectivity index (χ0) is 15.3. The quantitative estimate of drug-likeness (QED) is 0.786. The third-order valence-electron chi connectivity index (χ3n) is 4.15. The summed E-state index contributed by atoms with van der Waals surface area (Å²) < 4.78 is 0. The molecule has 1 aliphatic rings. The average molecular weight is 283 g/mol. The Balaban J connectivity index is 2.36. The van der Waals surface area contributed by atoms with E-state index < -0.39 is 5.97 Å². The van der Waals surface area contributed by atoms with Crippen molar-refractivity contribution in [1.29, 1.82) is 0 Å². The largest absolute Gasteiger partial charge is 0.481 e. The van der Waals surface area contributed by atoms with Crippen molar-refractivity contribution in [1.82, 2.24) is 5.32 Å². The van der Waals surface area contributed by atoms with Crippen LogP contribution < -0.4 is 5.32 Å². The zero-order valence-corrected chi connectivity index (χ0v) is 13.2. The van der Waals surface area contributed by atoms with E-state index in [1.165, 1.54) is 6.42 Å². The predicted molar refractivity (Wildman–Crippen MR) is 79.4 cm³/mol. The minimum absolute atomic E-state index is 0.0624. The van der Waals surface area contributed by atoms with E-state index in [0.29, 0.717) is 30.1 Å². The first-order valence-corrected chi connectivity index (χ1v) is 7.69. The number of carboxylic acids is 1. The Morgan fingerprint density at radius 1 is 1.35 bits per heavy atom. The molecule has 0 aromatic heterocycles. The van der Waals surface area contributed by atoms with Gasteiger partial charge in [0, 0.05) is 18.9 Å². The van der Waals surface area contributed by atoms with E-state index in [9.17, 15) is 9.59 Å². The molecule has 2 N–H and O–H groups in total. The van der Waals surface area contributed by atoms with Crippen molar-refractivity contribution < 1.29 is 14.7 Å². The fourth-order valence-corrected chi connectivity index (χ4v) is 3.71. The number of hydrogen-bond acceptors (Lipinski definition) is 2. The third-order valence-corrected chi connectivity index (χ3v) is 4.15. The van der Waals surface area contributed by atoms with Crippen molar-refractivity contribution in [2.75, 3.05) is 0 Å². The van der Waals surface area contributed by atoms with Crippen molar-refractivity contribution in [2.45, 2.75) is 72.3 Å². The van der Waals surface area contributed by atoms with Gasteiger partial charge >= 0.3 is 5.97 Å². The maximum Gasteiger partial charge on any atom is 0.303 e. The molecule has 0 aliphatic heterocycles. The number of amides is 1. The third kappa shape index (κ3) is 6.40. The molecule has 1 rings (SSSR count). The Morgan fingerprint density at radius 3 is 2.55 bits per heavy atom. The van der Waals surface area contributed by atoms with Gasteiger partial charge in [-0.1, -0.05) is 20.8 Å². The number of rotatable bonds is 6. The zero-order valence-electron chi connectivity index (χ0n) is 13.2. The molecular formula is C16H29NO3. The molecule has 0 bridgehead atoms. The fraction of sp³-hybridized carbons (Fsp3) is 0.875. The highest BCUT2D eigenvalue weighted by atomic mass is 16.4. The molecule has 0 aromatic rings. The number of hydrogen-bond donors (Lipinski definition) is 2. The van der Waals surface area contributed by atoms with E-state index in [0.717, 1.165) is 12.8 Å². The summed E-state index contributed by atoms with van der Waals surface area (Å²) >= 11 is 0. The molecular weight excluding hydrogens is 254 g/mol. The van der Waals surface area contributed by atoms with E-state index in [1.54, 1.807) is 0 Å². The van der Waals surface area contributed by atoms with Crippen molar-refractivity contribution in [3.63, 3.8) is 0 Å². The van der Waals surface area contributed by atoms with E-state index >= 15 is 0 Å². The van der Waals surface area contributed by atoms with Crippen molar-refractivity contribution in [2.24, 2.45) is 17.3 Å². The predicted octanol–water partition coefficient (Wildman–Crippen LogP) is 3.21. The summed E-state index contributed by atoms with van der Waals surface area (Å²) in [6.45, 7) is 8.70. The van der Waals surface area contributed by atoms with Gasteiger partial charge in [-0.2, -0.15) is 0 Å². The molecule has 0 aromatic carbocycles. The highest BCUT2D eigenvalue weighted by Crippen LogP contribution is 2.42. The molecule has 4 heteroatoms. The Kier molecular flexibility index (Phi) is 6.03. The molecule has 0 radical (unpaired) electrons. The number of carbonyl (C=O) groups excluding carboxylic acids is 1. The van der Waals surface area contributed by atoms with Gasteiger partial charge in [0.05, 0.1) is 0 Å². The molecule has 4 nitrogen and oxygen atoms in total. The van der Waals surface area contributed by atoms with Crippen molar-refractivity contribution in [3.8, 4) is 0 Å². The van der Waals surface area contributed by atoms with Crippen LogP contribution >= 0.6 is 0 Å². The fourth-order valence-electron chi connectivity index (χ4n) is 3.71. The van der Waals surface area contributed by atoms with Crippen molar-refractivity contribution >= 4 is 11.9 Å². The highest BCUT2D eigenvalue weighted by Gasteiger charge is 2.32. The van der Waals surface area contributed by atoms with Gasteiger partial charge in [0.25, 0.3) is 0 Å². The summed E-state index contributed by atoms with van der Waals surface area (Å²) in [6, 6.07) is -0.0624. The van der Waals surface area contributed by atoms with Gasteiger partial charge in [-0.15, -0.1) is 0 Å². The summed E-state index contributed by atoms with van der Waals surface area (Å²) in [5.41, 5.74) is 0.331. The second-order valence-corrected chi connectivity index (χ2v) is 7.38. The molecule has 0 heterocycles. The van der Waals surface area contributed by atoms with E-state index in [-0.39, 0.29) is 18.4 Å². The van der Waals surface area contributed by atoms with E-state index in [4.69, 9.17) is 5.11 Å². The van der Waals surface area contributed by atoms with Crippen LogP contribution in [0.3, 0.4) is 0 Å². The first kappa shape index (κ1) is 17.0. The normalized spacial score (nSPS) is 26.8. The average Bonchev–Trinajstić information content (AvgIpc) is 2.22. The minimum Gasteiger partial charge on any atom is -0.481 e. The Morgan fingerprint density at radius 2 is 2.00 bits per heavy atom. The number of nitrogens with one attached hydrogen (secondary N) is 1. The van der Waals surface area contributed by atoms with Crippen LogP contribution in [0, 0.1) is 17.3 Å². The first-order chi connectivity index (χ1) is 9.18. The van der Waals surface area contributed by atoms with Gasteiger partial charge in [-0.05, 0) is 49.9 Å². The van der Waals surface area contributed by atoms with Crippen LogP contribution in [0.4, 0.5) is 0 Å². The SMILES string of the molecule is CC1CC(CC(=O)NC(C)CCC(=O)O)CC(C)(C)C1. The van der Waals surface area contributed by atoms with Gasteiger partial charge in [-0.3, -0.25) is 9.59 Å². The maximum absolute atomic E-state index is 12.0. The van der Waals surface area contributed by atoms with Crippen LogP contribution in [0.2, 0.25) is 0 Å². The van der Waals surface area contributed by atoms with E-state index in [2.05, 4.69) is 26.1 Å². The van der Waals surface area contributed by atoms with Gasteiger partial charge < -0.3 is 10.4 Å². The van der Waals surface area contributed by atoms with Gasteiger partial charge in [0.1, 0.15) is 0 Å². The number of aliphatic carboxylic acids is 1. The lowest BCUT2D eigenvalue weighted by Gasteiger charge is -2.38. The molecule has 116 valence electrons. The monoisotopic (exact) mass is 283 g/mol. The molecule has 0 saturated heterocycles. The Labute approximate surface area is 122 Å². The number of carbonyl (C=O) groups is 2. The molecule has 0 spiro atoms. The Hall–Kier alpha value is -1.06. The Bertz CT molecular complexity index is 352. The van der Waals surface area contributed by atoms with E-state index in [1.807, 2.05) is 6.92 Å². The molecule has 3 unspecified atom stereocenters. The molecule has 1 aliphatic carbocycles. The van der Waals surface area contributed by atoms with Gasteiger partial charge in [0.2, 0.25) is 5.91 Å². The van der Waals surface area contributed by atoms with Crippen LogP contribution in [0.1, 0.15) is 66.2 Å². The van der Waals surface area contributed by atoms with Crippen LogP contribution in [-0.4, -0.2) is 23.0 Å². The molecule has 3 atom stereocenters. The summed E-state index contributed by atoms with van der Waals surface area (Å²) in [4.78, 5) is 22.5. The van der Waals surface area contributed by atoms with Gasteiger partial charge in [-0.25, -0.2) is 0 Å². The van der Waals surface area contributed by atoms with Gasteiger partial charge in [0.15, 0.2) is 0 Å². The smallest absolute Gasteiger partial charge is 0.303 e. The van der Waals surface area contributed by atoms with Crippen LogP contribution in [0.15, 0.2) is 0 Å². The standard InChI is InChI=1S/C16H29NO3/c1-11-7-13(10-16(3,4)9-11)8-14(18)17-12(2)5-6-15(19)20/h11-13H,5-10H2,1-4H3,(H,17,18)(H,19,20).